The maximum atomic E-state index is 13.2. The number of phenolic OH excluding ortho intramolecular Hbond substituents is 2. The molecule has 3 aliphatic carbocycles. The minimum Gasteiger partial charge on any atom is -0.504 e. The quantitative estimate of drug-likeness (QED) is 0.0643. The lowest BCUT2D eigenvalue weighted by atomic mass is 9.38. The monoisotopic (exact) mass is 1100 g/mol. The van der Waals surface area contributed by atoms with Crippen LogP contribution in [0.3, 0.4) is 0 Å². The Hall–Kier alpha value is -2.41. The fraction of sp³-hybridized carbons (Fsp3) is 0.732. The highest BCUT2D eigenvalue weighted by Gasteiger charge is 2.66. The molecule has 14 nitrogen and oxygen atoms in total. The molecular formula is C56H80N2O12S4. The summed E-state index contributed by atoms with van der Waals surface area (Å²) in [5, 5.41) is 86.0. The summed E-state index contributed by atoms with van der Waals surface area (Å²) >= 11 is 0. The summed E-state index contributed by atoms with van der Waals surface area (Å²) in [5.41, 5.74) is 2.00. The topological polar surface area (TPSA) is 220 Å². The van der Waals surface area contributed by atoms with Crippen molar-refractivity contribution >= 4 is 49.1 Å². The Bertz CT molecular complexity index is 2280. The number of aromatic hydroxyl groups is 2. The maximum Gasteiger partial charge on any atom is 0.224 e. The second kappa shape index (κ2) is 25.1. The Morgan fingerprint density at radius 1 is 0.824 bits per heavy atom. The Morgan fingerprint density at radius 3 is 2.38 bits per heavy atom. The summed E-state index contributed by atoms with van der Waals surface area (Å²) in [6, 6.07) is 7.34. The molecule has 3 saturated carbocycles. The van der Waals surface area contributed by atoms with Gasteiger partial charge in [0.15, 0.2) is 23.0 Å². The second-order valence-corrected chi connectivity index (χ2v) is 27.7. The van der Waals surface area contributed by atoms with E-state index in [9.17, 15) is 40.5 Å². The van der Waals surface area contributed by atoms with E-state index < -0.39 is 37.1 Å². The predicted molar refractivity (Wildman–Crippen MR) is 293 cm³/mol. The molecule has 2 aromatic carbocycles. The Labute approximate surface area is 453 Å². The van der Waals surface area contributed by atoms with Crippen molar-refractivity contribution in [3.05, 3.63) is 41.0 Å². The van der Waals surface area contributed by atoms with E-state index in [0.29, 0.717) is 73.0 Å². The summed E-state index contributed by atoms with van der Waals surface area (Å²) in [6.45, 7) is 3.10. The molecule has 2 spiro atoms. The first-order valence-corrected chi connectivity index (χ1v) is 32.1. The number of fused-ring (bicyclic) bond motifs is 5. The summed E-state index contributed by atoms with van der Waals surface area (Å²) in [7, 11) is 9.50. The van der Waals surface area contributed by atoms with Crippen molar-refractivity contribution in [1.29, 1.82) is 0 Å². The van der Waals surface area contributed by atoms with E-state index in [2.05, 4.69) is 29.4 Å². The third-order valence-corrected chi connectivity index (χ3v) is 23.8. The lowest BCUT2D eigenvalue weighted by Crippen LogP contribution is -2.64. The molecule has 0 radical (unpaired) electrons. The SMILES string of the molecule is COc1cc(C[C@H]2[C@H](O)C[C@@H](OCO)CCc3cc(O[C@H]4CC[C@@H]5[C@@H]6CSSC[C@@H]7C(=O)NC[C@H]7[C@H](O)C[C@H]7CC[C@]5(C4)[C@]4(C#CCCN6)C[C@H](C)CC[C@H]74)c(O)cc3[C@H](CCO)SSC[C@@H]2O)cc(OC)c1O. The van der Waals surface area contributed by atoms with E-state index in [1.165, 1.54) is 35.8 Å². The fourth-order valence-electron chi connectivity index (χ4n) is 14.9. The van der Waals surface area contributed by atoms with E-state index in [1.54, 1.807) is 29.0 Å². The molecule has 9 N–H and O–H groups in total. The standard InChI is InChI=1S/C56H80N2O12S4/c1-32-6-10-42-35-12-15-56-26-37(9-11-43(56)44(57-16-5-4-14-55(42,56)25-32)29-72-71-28-41-40(45(61)21-35)27-58-54(41)66)70-49-22-34-7-8-36(69-31-60)23-46(62)39(18-33-19-50(67-2)53(65)51(20-33)68-3)48(64)30-73-74-52(13-17-59)38(34)24-47(49)63/h19-20,22,24,32,35-37,39-46,48,52,57,59-65H,5-13,15-18,21,23,25-31H2,1-3H3,(H,58,66)/t32-,35-,36+,37+,39+,40-,41+,42-,43-,44+,45-,46-,48+,52+,55-,56-/m1/s1. The van der Waals surface area contributed by atoms with Crippen molar-refractivity contribution in [2.24, 2.45) is 52.3 Å². The first-order chi connectivity index (χ1) is 35.8. The number of nitrogens with one attached hydrogen (secondary N) is 2. The number of methoxy groups -OCH3 is 2. The largest absolute Gasteiger partial charge is 0.504 e. The summed E-state index contributed by atoms with van der Waals surface area (Å²) in [5.74, 6) is 11.0. The first kappa shape index (κ1) is 56.3. The predicted octanol–water partition coefficient (Wildman–Crippen LogP) is 7.41. The van der Waals surface area contributed by atoms with Crippen LogP contribution in [0, 0.1) is 64.1 Å². The zero-order valence-corrected chi connectivity index (χ0v) is 46.5. The zero-order chi connectivity index (χ0) is 52.1. The van der Waals surface area contributed by atoms with Crippen LogP contribution in [-0.2, 0) is 22.4 Å². The molecule has 4 aliphatic heterocycles. The van der Waals surface area contributed by atoms with Crippen LogP contribution in [0.1, 0.15) is 112 Å². The van der Waals surface area contributed by atoms with Gasteiger partial charge >= 0.3 is 0 Å². The smallest absolute Gasteiger partial charge is 0.224 e. The van der Waals surface area contributed by atoms with Gasteiger partial charge in [0.05, 0.1) is 50.7 Å². The number of phenols is 2. The molecule has 5 fully saturated rings. The van der Waals surface area contributed by atoms with Gasteiger partial charge in [-0.25, -0.2) is 0 Å². The summed E-state index contributed by atoms with van der Waals surface area (Å²) < 4.78 is 23.9. The third kappa shape index (κ3) is 11.8. The lowest BCUT2D eigenvalue weighted by molar-refractivity contribution is -0.166. The fourth-order valence-corrected chi connectivity index (χ4v) is 20.5. The van der Waals surface area contributed by atoms with Gasteiger partial charge in [-0.05, 0) is 154 Å². The van der Waals surface area contributed by atoms with Crippen molar-refractivity contribution in [3.63, 3.8) is 0 Å². The highest BCUT2D eigenvalue weighted by atomic mass is 33.1. The molecule has 410 valence electrons. The van der Waals surface area contributed by atoms with Gasteiger partial charge < -0.3 is 65.3 Å². The van der Waals surface area contributed by atoms with Crippen LogP contribution < -0.4 is 24.8 Å². The van der Waals surface area contributed by atoms with E-state index in [1.807, 2.05) is 16.9 Å². The molecule has 1 amide bonds. The third-order valence-electron chi connectivity index (χ3n) is 18.5. The van der Waals surface area contributed by atoms with Crippen molar-refractivity contribution in [3.8, 4) is 40.6 Å². The number of carbonyl (C=O) groups is 1. The molecule has 9 rings (SSSR count). The Morgan fingerprint density at radius 2 is 1.61 bits per heavy atom. The molecule has 3 bridgehead atoms. The molecule has 18 heteroatoms. The van der Waals surface area contributed by atoms with Crippen molar-refractivity contribution in [1.82, 2.24) is 10.6 Å². The van der Waals surface area contributed by atoms with Crippen LogP contribution in [0.2, 0.25) is 0 Å². The van der Waals surface area contributed by atoms with Gasteiger partial charge in [-0.1, -0.05) is 62.4 Å². The maximum absolute atomic E-state index is 13.2. The number of carbonyl (C=O) groups excluding carboxylic acids is 1. The van der Waals surface area contributed by atoms with E-state index in [0.717, 1.165) is 81.2 Å². The van der Waals surface area contributed by atoms with E-state index >= 15 is 0 Å². The number of benzene rings is 2. The Balaban J connectivity index is 1.02. The van der Waals surface area contributed by atoms with Gasteiger partial charge in [0.1, 0.15) is 6.79 Å². The number of rotatable bonds is 10. The highest BCUT2D eigenvalue weighted by Crippen LogP contribution is 2.70. The molecular weight excluding hydrogens is 1020 g/mol. The lowest BCUT2D eigenvalue weighted by Gasteiger charge is -2.66. The molecule has 2 aromatic rings. The van der Waals surface area contributed by atoms with Gasteiger partial charge in [0.25, 0.3) is 0 Å². The van der Waals surface area contributed by atoms with Gasteiger partial charge in [-0.2, -0.15) is 0 Å². The molecule has 16 atom stereocenters. The van der Waals surface area contributed by atoms with Crippen molar-refractivity contribution in [2.75, 3.05) is 58.0 Å². The van der Waals surface area contributed by atoms with Crippen molar-refractivity contribution < 1.29 is 59.5 Å². The molecule has 7 aliphatic rings. The minimum absolute atomic E-state index is 0.0334. The van der Waals surface area contributed by atoms with E-state index in [-0.39, 0.29) is 94.2 Å². The molecule has 0 unspecified atom stereocenters. The van der Waals surface area contributed by atoms with Crippen LogP contribution in [0.25, 0.3) is 0 Å². The molecule has 4 heterocycles. The van der Waals surface area contributed by atoms with Crippen LogP contribution in [-0.4, -0.2) is 136 Å². The molecule has 74 heavy (non-hydrogen) atoms. The zero-order valence-electron chi connectivity index (χ0n) is 43.3. The molecule has 2 saturated heterocycles. The Kier molecular flexibility index (Phi) is 19.1. The number of aliphatic hydroxyl groups is 5. The van der Waals surface area contributed by atoms with Crippen molar-refractivity contribution in [2.45, 2.75) is 145 Å². The van der Waals surface area contributed by atoms with Gasteiger partial charge in [-0.15, -0.1) is 5.92 Å². The highest BCUT2D eigenvalue weighted by molar-refractivity contribution is 8.77. The first-order valence-electron chi connectivity index (χ1n) is 27.2. The van der Waals surface area contributed by atoms with Crippen LogP contribution in [0.5, 0.6) is 28.7 Å². The van der Waals surface area contributed by atoms with Crippen LogP contribution in [0.15, 0.2) is 24.3 Å². The van der Waals surface area contributed by atoms with Gasteiger partial charge in [-0.3, -0.25) is 4.79 Å². The van der Waals surface area contributed by atoms with E-state index in [4.69, 9.17) is 18.9 Å². The van der Waals surface area contributed by atoms with Crippen LogP contribution in [0.4, 0.5) is 0 Å². The minimum atomic E-state index is -1.04. The summed E-state index contributed by atoms with van der Waals surface area (Å²) in [4.78, 5) is 13.2. The number of hydrogen-bond donors (Lipinski definition) is 9. The average molecular weight is 1100 g/mol. The number of aliphatic hydroxyl groups excluding tert-OH is 5. The van der Waals surface area contributed by atoms with Crippen LogP contribution >= 0.6 is 43.2 Å². The number of aryl methyl sites for hydroxylation is 1. The summed E-state index contributed by atoms with van der Waals surface area (Å²) in [6.07, 6.45) is 7.47. The number of ether oxygens (including phenoxy) is 4. The second-order valence-electron chi connectivity index (χ2n) is 22.5. The number of hydrogen-bond acceptors (Lipinski definition) is 17. The normalized spacial score (nSPS) is 37.9. The van der Waals surface area contributed by atoms with Gasteiger partial charge in [0.2, 0.25) is 11.7 Å². The molecule has 0 aromatic heterocycles. The number of amides is 1. The van der Waals surface area contributed by atoms with Gasteiger partial charge in [0, 0.05) is 71.9 Å². The average Bonchev–Trinajstić information content (AvgIpc) is 3.79.